The molecule has 1 aliphatic heterocycles. The number of amides is 2. The van der Waals surface area contributed by atoms with Gasteiger partial charge in [0, 0.05) is 11.7 Å². The fourth-order valence-electron chi connectivity index (χ4n) is 3.44. The predicted molar refractivity (Wildman–Crippen MR) is 111 cm³/mol. The Morgan fingerprint density at radius 1 is 1.26 bits per heavy atom. The molecule has 150 valence electrons. The van der Waals surface area contributed by atoms with Crippen LogP contribution >= 0.6 is 0 Å². The molecule has 1 heterocycles. The van der Waals surface area contributed by atoms with Crippen molar-refractivity contribution in [1.29, 1.82) is 0 Å². The summed E-state index contributed by atoms with van der Waals surface area (Å²) in [6.07, 6.45) is 3.12. The van der Waals surface area contributed by atoms with Gasteiger partial charge in [-0.2, -0.15) is 0 Å². The van der Waals surface area contributed by atoms with Crippen LogP contribution in [0.15, 0.2) is 18.2 Å². The number of aryl methyl sites for hydroxylation is 1. The van der Waals surface area contributed by atoms with Crippen molar-refractivity contribution in [2.24, 2.45) is 5.92 Å². The molecular formula is C22H35N3O2. The summed E-state index contributed by atoms with van der Waals surface area (Å²) in [5.74, 6) is 0.657. The molecule has 0 aliphatic carbocycles. The zero-order valence-corrected chi connectivity index (χ0v) is 17.5. The highest BCUT2D eigenvalue weighted by atomic mass is 16.2. The van der Waals surface area contributed by atoms with Gasteiger partial charge in [-0.25, -0.2) is 0 Å². The Bertz CT molecular complexity index is 651. The van der Waals surface area contributed by atoms with Crippen molar-refractivity contribution in [3.8, 4) is 0 Å². The largest absolute Gasteiger partial charge is 0.330 e. The van der Waals surface area contributed by atoms with Gasteiger partial charge >= 0.3 is 0 Å². The number of rotatable bonds is 7. The van der Waals surface area contributed by atoms with Crippen molar-refractivity contribution in [2.75, 3.05) is 31.5 Å². The monoisotopic (exact) mass is 373 g/mol. The van der Waals surface area contributed by atoms with E-state index in [9.17, 15) is 9.59 Å². The number of carbonyl (C=O) groups is 2. The van der Waals surface area contributed by atoms with Crippen LogP contribution in [-0.2, 0) is 9.59 Å². The topological polar surface area (TPSA) is 52.7 Å². The molecule has 0 radical (unpaired) electrons. The molecule has 2 amide bonds. The minimum absolute atomic E-state index is 0.0468. The number of piperidine rings is 1. The van der Waals surface area contributed by atoms with E-state index in [1.165, 1.54) is 0 Å². The lowest BCUT2D eigenvalue weighted by atomic mass is 9.99. The Kier molecular flexibility index (Phi) is 7.84. The molecule has 0 aromatic heterocycles. The van der Waals surface area contributed by atoms with E-state index in [1.54, 1.807) is 4.90 Å². The number of likely N-dealkylation sites (tertiary alicyclic amines) is 1. The lowest BCUT2D eigenvalue weighted by Gasteiger charge is -2.33. The molecular weight excluding hydrogens is 338 g/mol. The fourth-order valence-corrected chi connectivity index (χ4v) is 3.44. The number of benzene rings is 1. The maximum absolute atomic E-state index is 12.9. The summed E-state index contributed by atoms with van der Waals surface area (Å²) < 4.78 is 0. The third-order valence-corrected chi connectivity index (χ3v) is 5.87. The van der Waals surface area contributed by atoms with Crippen LogP contribution in [0.3, 0.4) is 0 Å². The van der Waals surface area contributed by atoms with E-state index < -0.39 is 0 Å². The maximum atomic E-state index is 12.9. The Morgan fingerprint density at radius 3 is 2.56 bits per heavy atom. The average Bonchev–Trinajstić information content (AvgIpc) is 2.64. The molecule has 1 aromatic rings. The predicted octanol–water partition coefficient (Wildman–Crippen LogP) is 3.60. The second kappa shape index (κ2) is 9.88. The van der Waals surface area contributed by atoms with Crippen LogP contribution in [0, 0.1) is 19.8 Å². The zero-order valence-electron chi connectivity index (χ0n) is 17.5. The first kappa shape index (κ1) is 21.4. The standard InChI is InChI=1S/C22H35N3O2/c1-6-18(4)25(22(27)15-24-12-10-16(2)11-13-24)14-21(26)23-20-9-7-8-17(3)19(20)5/h7-9,16,18H,6,10-15H2,1-5H3,(H,23,26)/t18-/m0/s1. The summed E-state index contributed by atoms with van der Waals surface area (Å²) in [5.41, 5.74) is 3.03. The van der Waals surface area contributed by atoms with Gasteiger partial charge in [-0.15, -0.1) is 0 Å². The second-order valence-corrected chi connectivity index (χ2v) is 8.03. The Hall–Kier alpha value is -1.88. The molecule has 1 atom stereocenters. The molecule has 5 nitrogen and oxygen atoms in total. The van der Waals surface area contributed by atoms with Crippen molar-refractivity contribution < 1.29 is 9.59 Å². The van der Waals surface area contributed by atoms with Crippen molar-refractivity contribution in [1.82, 2.24) is 9.80 Å². The van der Waals surface area contributed by atoms with Crippen molar-refractivity contribution in [3.63, 3.8) is 0 Å². The van der Waals surface area contributed by atoms with Gasteiger partial charge in [0.2, 0.25) is 11.8 Å². The number of hydrogen-bond acceptors (Lipinski definition) is 3. The highest BCUT2D eigenvalue weighted by Gasteiger charge is 2.25. The average molecular weight is 374 g/mol. The lowest BCUT2D eigenvalue weighted by molar-refractivity contribution is -0.138. The van der Waals surface area contributed by atoms with E-state index in [1.807, 2.05) is 39.0 Å². The summed E-state index contributed by atoms with van der Waals surface area (Å²) >= 11 is 0. The number of nitrogens with zero attached hydrogens (tertiary/aromatic N) is 2. The Labute approximate surface area is 164 Å². The van der Waals surface area contributed by atoms with Gasteiger partial charge in [-0.3, -0.25) is 14.5 Å². The van der Waals surface area contributed by atoms with Gasteiger partial charge in [0.25, 0.3) is 0 Å². The minimum Gasteiger partial charge on any atom is -0.330 e. The summed E-state index contributed by atoms with van der Waals surface area (Å²) in [4.78, 5) is 29.5. The van der Waals surface area contributed by atoms with Crippen molar-refractivity contribution in [3.05, 3.63) is 29.3 Å². The van der Waals surface area contributed by atoms with Crippen LogP contribution in [0.4, 0.5) is 5.69 Å². The molecule has 0 bridgehead atoms. The lowest BCUT2D eigenvalue weighted by Crippen LogP contribution is -2.49. The number of anilines is 1. The smallest absolute Gasteiger partial charge is 0.244 e. The van der Waals surface area contributed by atoms with Crippen LogP contribution in [0.1, 0.15) is 51.2 Å². The Balaban J connectivity index is 1.99. The van der Waals surface area contributed by atoms with Crippen LogP contribution in [-0.4, -0.2) is 53.8 Å². The highest BCUT2D eigenvalue weighted by molar-refractivity contribution is 5.95. The van der Waals surface area contributed by atoms with Gasteiger partial charge in [0.15, 0.2) is 0 Å². The SMILES string of the molecule is CC[C@H](C)N(CC(=O)Nc1cccc(C)c1C)C(=O)CN1CCC(C)CC1. The van der Waals surface area contributed by atoms with Gasteiger partial charge in [-0.1, -0.05) is 26.0 Å². The number of carbonyl (C=O) groups excluding carboxylic acids is 2. The fraction of sp³-hybridized carbons (Fsp3) is 0.636. The molecule has 2 rings (SSSR count). The summed E-state index contributed by atoms with van der Waals surface area (Å²) in [7, 11) is 0. The van der Waals surface area contributed by atoms with E-state index in [0.717, 1.165) is 55.1 Å². The van der Waals surface area contributed by atoms with E-state index in [0.29, 0.717) is 6.54 Å². The molecule has 1 aromatic carbocycles. The molecule has 1 N–H and O–H groups in total. The van der Waals surface area contributed by atoms with Gasteiger partial charge in [-0.05, 0) is 76.2 Å². The number of nitrogens with one attached hydrogen (secondary N) is 1. The molecule has 0 unspecified atom stereocenters. The summed E-state index contributed by atoms with van der Waals surface area (Å²) in [6, 6.07) is 5.92. The van der Waals surface area contributed by atoms with E-state index in [2.05, 4.69) is 24.1 Å². The maximum Gasteiger partial charge on any atom is 0.244 e. The zero-order chi connectivity index (χ0) is 20.0. The third-order valence-electron chi connectivity index (χ3n) is 5.87. The van der Waals surface area contributed by atoms with Gasteiger partial charge in [0.05, 0.1) is 6.54 Å². The van der Waals surface area contributed by atoms with Gasteiger partial charge < -0.3 is 10.2 Å². The van der Waals surface area contributed by atoms with E-state index in [-0.39, 0.29) is 24.4 Å². The van der Waals surface area contributed by atoms with Crippen molar-refractivity contribution >= 4 is 17.5 Å². The first-order chi connectivity index (χ1) is 12.8. The molecule has 1 fully saturated rings. The first-order valence-electron chi connectivity index (χ1n) is 10.2. The van der Waals surface area contributed by atoms with Crippen LogP contribution in [0.5, 0.6) is 0 Å². The summed E-state index contributed by atoms with van der Waals surface area (Å²) in [5, 5.41) is 2.98. The molecule has 0 saturated carbocycles. The van der Waals surface area contributed by atoms with Gasteiger partial charge in [0.1, 0.15) is 6.54 Å². The summed E-state index contributed by atoms with van der Waals surface area (Å²) in [6.45, 7) is 12.8. The molecule has 0 spiro atoms. The Morgan fingerprint density at radius 2 is 1.93 bits per heavy atom. The van der Waals surface area contributed by atoms with E-state index >= 15 is 0 Å². The molecule has 27 heavy (non-hydrogen) atoms. The number of hydrogen-bond donors (Lipinski definition) is 1. The minimum atomic E-state index is -0.135. The molecule has 5 heteroatoms. The third kappa shape index (κ3) is 6.06. The van der Waals surface area contributed by atoms with Crippen LogP contribution in [0.25, 0.3) is 0 Å². The highest BCUT2D eigenvalue weighted by Crippen LogP contribution is 2.19. The van der Waals surface area contributed by atoms with Crippen LogP contribution in [0.2, 0.25) is 0 Å². The molecule has 1 saturated heterocycles. The first-order valence-corrected chi connectivity index (χ1v) is 10.2. The van der Waals surface area contributed by atoms with Crippen molar-refractivity contribution in [2.45, 2.75) is 59.9 Å². The van der Waals surface area contributed by atoms with Crippen LogP contribution < -0.4 is 5.32 Å². The normalized spacial score (nSPS) is 16.8. The second-order valence-electron chi connectivity index (χ2n) is 8.03. The quantitative estimate of drug-likeness (QED) is 0.794. The van der Waals surface area contributed by atoms with E-state index in [4.69, 9.17) is 0 Å². The molecule has 1 aliphatic rings.